The van der Waals surface area contributed by atoms with E-state index < -0.39 is 42.3 Å². The Bertz CT molecular complexity index is 536. The van der Waals surface area contributed by atoms with Gasteiger partial charge in [0, 0.05) is 17.0 Å². The van der Waals surface area contributed by atoms with Crippen molar-refractivity contribution in [1.82, 2.24) is 4.98 Å². The molecule has 0 saturated carbocycles. The molecule has 4 nitrogen and oxygen atoms in total. The molecule has 0 N–H and O–H groups in total. The Morgan fingerprint density at radius 1 is 1.41 bits per heavy atom. The molecule has 0 saturated heterocycles. The lowest BCUT2D eigenvalue weighted by Gasteiger charge is -2.15. The van der Waals surface area contributed by atoms with Crippen molar-refractivity contribution in [2.45, 2.75) is 31.5 Å². The predicted molar refractivity (Wildman–Crippen MR) is 68.8 cm³/mol. The molecule has 10 heteroatoms. The highest BCUT2D eigenvalue weighted by molar-refractivity contribution is 9.08. The Morgan fingerprint density at radius 3 is 2.50 bits per heavy atom. The zero-order chi connectivity index (χ0) is 16.9. The van der Waals surface area contributed by atoms with E-state index in [2.05, 4.69) is 30.4 Å². The Kier molecular flexibility index (Phi) is 6.51. The smallest absolute Gasteiger partial charge is 0.466 e. The molecule has 0 amide bonds. The first kappa shape index (κ1) is 18.6. The highest BCUT2D eigenvalue weighted by Crippen LogP contribution is 2.32. The number of halogens is 6. The zero-order valence-corrected chi connectivity index (χ0v) is 12.8. The third kappa shape index (κ3) is 5.39. The summed E-state index contributed by atoms with van der Waals surface area (Å²) in [6.45, 7) is 1.51. The third-order valence-electron chi connectivity index (χ3n) is 2.40. The molecule has 1 heterocycles. The van der Waals surface area contributed by atoms with Crippen molar-refractivity contribution in [3.8, 4) is 5.88 Å². The number of hydrogen-bond donors (Lipinski definition) is 0. The van der Waals surface area contributed by atoms with E-state index in [1.165, 1.54) is 6.92 Å². The lowest BCUT2D eigenvalue weighted by molar-refractivity contribution is -0.276. The summed E-state index contributed by atoms with van der Waals surface area (Å²) in [7, 11) is 0. The summed E-state index contributed by atoms with van der Waals surface area (Å²) in [5.74, 6) is -1.78. The highest BCUT2D eigenvalue weighted by Gasteiger charge is 2.33. The van der Waals surface area contributed by atoms with Gasteiger partial charge in [-0.2, -0.15) is 0 Å². The Labute approximate surface area is 130 Å². The average molecular weight is 392 g/mol. The van der Waals surface area contributed by atoms with Gasteiger partial charge in [-0.1, -0.05) is 15.9 Å². The van der Waals surface area contributed by atoms with Crippen molar-refractivity contribution in [3.05, 3.63) is 22.9 Å². The van der Waals surface area contributed by atoms with Crippen molar-refractivity contribution in [3.63, 3.8) is 0 Å². The summed E-state index contributed by atoms with van der Waals surface area (Å²) in [5, 5.41) is -0.154. The Hall–Kier alpha value is -1.45. The predicted octanol–water partition coefficient (Wildman–Crippen LogP) is 3.92. The number of carbonyl (C=O) groups is 1. The minimum Gasteiger partial charge on any atom is -0.466 e. The first-order valence-electron chi connectivity index (χ1n) is 5.96. The number of esters is 1. The van der Waals surface area contributed by atoms with Crippen molar-refractivity contribution < 1.29 is 36.2 Å². The summed E-state index contributed by atoms with van der Waals surface area (Å²) in [5.41, 5.74) is -1.27. The number of pyridine rings is 1. The second-order valence-electron chi connectivity index (χ2n) is 3.94. The molecule has 0 aliphatic rings. The highest BCUT2D eigenvalue weighted by atomic mass is 79.9. The Balaban J connectivity index is 3.28. The van der Waals surface area contributed by atoms with Crippen LogP contribution in [-0.4, -0.2) is 23.9 Å². The number of aromatic nitrogens is 1. The van der Waals surface area contributed by atoms with Gasteiger partial charge in [0.2, 0.25) is 5.88 Å². The van der Waals surface area contributed by atoms with Gasteiger partial charge in [0.1, 0.15) is 0 Å². The van der Waals surface area contributed by atoms with Crippen LogP contribution < -0.4 is 4.74 Å². The minimum absolute atomic E-state index is 0.00683. The van der Waals surface area contributed by atoms with Crippen molar-refractivity contribution >= 4 is 21.9 Å². The molecular formula is C12H11BrF5NO3. The number of ether oxygens (including phenoxy) is 2. The van der Waals surface area contributed by atoms with Gasteiger partial charge in [0.05, 0.1) is 18.7 Å². The van der Waals surface area contributed by atoms with Gasteiger partial charge in [0.15, 0.2) is 0 Å². The lowest BCUT2D eigenvalue weighted by Crippen LogP contribution is -2.20. The molecule has 0 fully saturated rings. The molecule has 0 aliphatic carbocycles. The average Bonchev–Trinajstić information content (AvgIpc) is 2.35. The van der Waals surface area contributed by atoms with Crippen LogP contribution in [0.5, 0.6) is 5.88 Å². The van der Waals surface area contributed by atoms with Crippen molar-refractivity contribution in [2.24, 2.45) is 0 Å². The van der Waals surface area contributed by atoms with Crippen molar-refractivity contribution in [1.29, 1.82) is 0 Å². The minimum atomic E-state index is -5.02. The van der Waals surface area contributed by atoms with Crippen LogP contribution in [-0.2, 0) is 21.3 Å². The molecule has 0 atom stereocenters. The van der Waals surface area contributed by atoms with Crippen LogP contribution in [0.4, 0.5) is 22.0 Å². The largest absolute Gasteiger partial charge is 0.574 e. The van der Waals surface area contributed by atoms with Crippen LogP contribution in [0.3, 0.4) is 0 Å². The molecule has 0 radical (unpaired) electrons. The molecule has 1 rings (SSSR count). The third-order valence-corrected chi connectivity index (χ3v) is 3.00. The van der Waals surface area contributed by atoms with Crippen LogP contribution in [0.15, 0.2) is 6.07 Å². The number of alkyl halides is 6. The molecule has 1 aromatic rings. The SMILES string of the molecule is CCOC(=O)Cc1nc(OC(F)(F)F)cc(CBr)c1C(F)F. The van der Waals surface area contributed by atoms with E-state index in [0.29, 0.717) is 0 Å². The van der Waals surface area contributed by atoms with Gasteiger partial charge in [-0.3, -0.25) is 4.79 Å². The van der Waals surface area contributed by atoms with E-state index >= 15 is 0 Å². The number of rotatable bonds is 6. The van der Waals surface area contributed by atoms with E-state index in [1.54, 1.807) is 0 Å². The normalized spacial score (nSPS) is 11.6. The molecule has 1 aromatic heterocycles. The van der Waals surface area contributed by atoms with E-state index in [4.69, 9.17) is 0 Å². The van der Waals surface area contributed by atoms with Gasteiger partial charge < -0.3 is 9.47 Å². The molecule has 0 spiro atoms. The molecule has 22 heavy (non-hydrogen) atoms. The first-order chi connectivity index (χ1) is 10.2. The molecule has 0 unspecified atom stereocenters. The van der Waals surface area contributed by atoms with Gasteiger partial charge in [0.25, 0.3) is 6.43 Å². The van der Waals surface area contributed by atoms with E-state index in [9.17, 15) is 26.7 Å². The van der Waals surface area contributed by atoms with Crippen LogP contribution in [0.25, 0.3) is 0 Å². The maximum absolute atomic E-state index is 13.1. The zero-order valence-electron chi connectivity index (χ0n) is 11.2. The topological polar surface area (TPSA) is 48.4 Å². The number of hydrogen-bond acceptors (Lipinski definition) is 4. The molecule has 0 aromatic carbocycles. The van der Waals surface area contributed by atoms with Crippen LogP contribution in [0.2, 0.25) is 0 Å². The fourth-order valence-electron chi connectivity index (χ4n) is 1.67. The molecule has 0 bridgehead atoms. The maximum Gasteiger partial charge on any atom is 0.574 e. The number of nitrogens with zero attached hydrogens (tertiary/aromatic N) is 1. The molecule has 0 aliphatic heterocycles. The first-order valence-corrected chi connectivity index (χ1v) is 7.08. The maximum atomic E-state index is 13.1. The van der Waals surface area contributed by atoms with Gasteiger partial charge in [-0.05, 0) is 12.5 Å². The summed E-state index contributed by atoms with van der Waals surface area (Å²) in [6, 6.07) is 0.748. The standard InChI is InChI=1S/C12H11BrF5NO3/c1-2-21-9(20)4-7-10(11(14)15)6(5-13)3-8(19-7)22-12(16,17)18/h3,11H,2,4-5H2,1H3. The van der Waals surface area contributed by atoms with Gasteiger partial charge in [-0.15, -0.1) is 13.2 Å². The summed E-state index contributed by atoms with van der Waals surface area (Å²) >= 11 is 2.91. The van der Waals surface area contributed by atoms with Gasteiger partial charge in [-0.25, -0.2) is 13.8 Å². The van der Waals surface area contributed by atoms with E-state index in [1.807, 2.05) is 0 Å². The Morgan fingerprint density at radius 2 is 2.05 bits per heavy atom. The number of carbonyl (C=O) groups excluding carboxylic acids is 1. The fraction of sp³-hybridized carbons (Fsp3) is 0.500. The second-order valence-corrected chi connectivity index (χ2v) is 4.50. The quantitative estimate of drug-likeness (QED) is 0.419. The van der Waals surface area contributed by atoms with Crippen molar-refractivity contribution in [2.75, 3.05) is 6.61 Å². The van der Waals surface area contributed by atoms with Gasteiger partial charge >= 0.3 is 12.3 Å². The molecule has 124 valence electrons. The van der Waals surface area contributed by atoms with E-state index in [-0.39, 0.29) is 17.5 Å². The molecular weight excluding hydrogens is 381 g/mol. The lowest BCUT2D eigenvalue weighted by atomic mass is 10.1. The van der Waals surface area contributed by atoms with Crippen LogP contribution >= 0.6 is 15.9 Å². The summed E-state index contributed by atoms with van der Waals surface area (Å²) < 4.78 is 71.2. The summed E-state index contributed by atoms with van der Waals surface area (Å²) in [6.07, 6.45) is -8.71. The van der Waals surface area contributed by atoms with E-state index in [0.717, 1.165) is 6.07 Å². The fourth-order valence-corrected chi connectivity index (χ4v) is 2.13. The van der Waals surface area contributed by atoms with Crippen LogP contribution in [0, 0.1) is 0 Å². The van der Waals surface area contributed by atoms with Crippen LogP contribution in [0.1, 0.15) is 30.2 Å². The monoisotopic (exact) mass is 391 g/mol. The second kappa shape index (κ2) is 7.70. The summed E-state index contributed by atoms with van der Waals surface area (Å²) in [4.78, 5) is 14.8.